The van der Waals surface area contributed by atoms with E-state index in [1.807, 2.05) is 36.4 Å². The minimum absolute atomic E-state index is 0.667. The van der Waals surface area contributed by atoms with E-state index in [2.05, 4.69) is 44.7 Å². The molecule has 1 atom stereocenters. The van der Waals surface area contributed by atoms with E-state index in [9.17, 15) is 4.21 Å². The van der Waals surface area contributed by atoms with Crippen LogP contribution in [0.3, 0.4) is 0 Å². The van der Waals surface area contributed by atoms with Gasteiger partial charge >= 0.3 is 165 Å². The van der Waals surface area contributed by atoms with Crippen LogP contribution in [0.5, 0.6) is 0 Å². The number of benzene rings is 2. The molecule has 0 aromatic heterocycles. The van der Waals surface area contributed by atoms with E-state index in [0.717, 1.165) is 30.6 Å². The van der Waals surface area contributed by atoms with Gasteiger partial charge in [-0.1, -0.05) is 0 Å². The molecule has 25 heavy (non-hydrogen) atoms. The van der Waals surface area contributed by atoms with Crippen LogP contribution in [0.4, 0.5) is 0 Å². The second-order valence-corrected chi connectivity index (χ2v) is 11.3. The maximum atomic E-state index is 13.4. The van der Waals surface area contributed by atoms with Gasteiger partial charge in [0.1, 0.15) is 0 Å². The minimum atomic E-state index is -1.08. The Kier molecular flexibility index (Phi) is 8.68. The summed E-state index contributed by atoms with van der Waals surface area (Å²) in [4.78, 5) is 0.916. The molecule has 3 heteroatoms. The SMILES string of the molecule is C=CC/C(CCCC)=C(/[Te]c1ccccc1)S(=O)c1ccc(C)cc1. The first kappa shape index (κ1) is 20.2. The second-order valence-electron chi connectivity index (χ2n) is 5.98. The van der Waals surface area contributed by atoms with E-state index in [1.165, 1.54) is 17.7 Å². The predicted molar refractivity (Wildman–Crippen MR) is 111 cm³/mol. The summed E-state index contributed by atoms with van der Waals surface area (Å²) in [5.41, 5.74) is 2.53. The molecule has 0 aliphatic rings. The van der Waals surface area contributed by atoms with E-state index in [4.69, 9.17) is 0 Å². The van der Waals surface area contributed by atoms with Crippen LogP contribution < -0.4 is 3.61 Å². The van der Waals surface area contributed by atoms with Gasteiger partial charge in [0.2, 0.25) is 0 Å². The van der Waals surface area contributed by atoms with Crippen molar-refractivity contribution in [1.29, 1.82) is 0 Å². The third-order valence-corrected chi connectivity index (χ3v) is 9.85. The molecule has 0 saturated carbocycles. The van der Waals surface area contributed by atoms with E-state index in [1.54, 1.807) is 0 Å². The first-order valence-corrected chi connectivity index (χ1v) is 12.2. The molecule has 0 fully saturated rings. The topological polar surface area (TPSA) is 17.1 Å². The zero-order chi connectivity index (χ0) is 18.1. The van der Waals surface area contributed by atoms with Crippen molar-refractivity contribution in [3.8, 4) is 0 Å². The summed E-state index contributed by atoms with van der Waals surface area (Å²) in [7, 11) is -1.08. The number of allylic oxidation sites excluding steroid dienone is 2. The fraction of sp³-hybridized carbons (Fsp3) is 0.273. The molecule has 0 saturated heterocycles. The van der Waals surface area contributed by atoms with Crippen molar-refractivity contribution in [3.63, 3.8) is 0 Å². The Morgan fingerprint density at radius 2 is 1.80 bits per heavy atom. The molecule has 0 N–H and O–H groups in total. The van der Waals surface area contributed by atoms with Gasteiger partial charge in [-0.15, -0.1) is 0 Å². The molecule has 2 aromatic carbocycles. The number of aryl methyl sites for hydroxylation is 1. The average Bonchev–Trinajstić information content (AvgIpc) is 2.64. The molecule has 132 valence electrons. The van der Waals surface area contributed by atoms with Crippen LogP contribution >= 0.6 is 0 Å². The van der Waals surface area contributed by atoms with Gasteiger partial charge in [-0.3, -0.25) is 0 Å². The van der Waals surface area contributed by atoms with Gasteiger partial charge in [-0.25, -0.2) is 0 Å². The van der Waals surface area contributed by atoms with Gasteiger partial charge in [0.05, 0.1) is 0 Å². The number of rotatable bonds is 9. The standard InChI is InChI=1S/C22H26OSTe/c1-4-6-11-19(10-5-2)22(25-21-12-8-7-9-13-21)24(23)20-16-14-18(3)15-17-20/h5,7-9,12-17H,2,4,6,10-11H2,1,3H3/b22-19-. The Bertz CT molecular complexity index is 732. The predicted octanol–water partition coefficient (Wildman–Crippen LogP) is 5.11. The Labute approximate surface area is 164 Å². The fourth-order valence-corrected chi connectivity index (χ4v) is 8.08. The molecule has 0 aliphatic heterocycles. The fourth-order valence-electron chi connectivity index (χ4n) is 2.46. The van der Waals surface area contributed by atoms with E-state index >= 15 is 0 Å². The molecular formula is C22H26OSTe. The van der Waals surface area contributed by atoms with Crippen LogP contribution in [0.2, 0.25) is 0 Å². The third-order valence-electron chi connectivity index (χ3n) is 3.87. The Hall–Kier alpha value is -1.14. The van der Waals surface area contributed by atoms with E-state index in [0.29, 0.717) is 0 Å². The first-order chi connectivity index (χ1) is 12.2. The van der Waals surface area contributed by atoms with Gasteiger partial charge in [0.15, 0.2) is 0 Å². The summed E-state index contributed by atoms with van der Waals surface area (Å²) >= 11 is -0.667. The Morgan fingerprint density at radius 1 is 1.12 bits per heavy atom. The van der Waals surface area contributed by atoms with Gasteiger partial charge in [0, 0.05) is 0 Å². The van der Waals surface area contributed by atoms with E-state index in [-0.39, 0.29) is 0 Å². The zero-order valence-electron chi connectivity index (χ0n) is 15.0. The molecule has 0 radical (unpaired) electrons. The number of hydrogen-bond acceptors (Lipinski definition) is 1. The Balaban J connectivity index is 2.43. The summed E-state index contributed by atoms with van der Waals surface area (Å²) in [6.45, 7) is 8.19. The summed E-state index contributed by atoms with van der Waals surface area (Å²) in [6.07, 6.45) is 6.10. The number of hydrogen-bond donors (Lipinski definition) is 0. The zero-order valence-corrected chi connectivity index (χ0v) is 18.2. The molecule has 1 unspecified atom stereocenters. The molecule has 2 rings (SSSR count). The molecule has 0 heterocycles. The molecule has 1 nitrogen and oxygen atoms in total. The summed E-state index contributed by atoms with van der Waals surface area (Å²) in [6, 6.07) is 18.6. The van der Waals surface area contributed by atoms with Crippen molar-refractivity contribution < 1.29 is 4.21 Å². The van der Waals surface area contributed by atoms with Crippen LogP contribution in [0.25, 0.3) is 0 Å². The van der Waals surface area contributed by atoms with Crippen LogP contribution in [0.15, 0.2) is 80.7 Å². The van der Waals surface area contributed by atoms with Gasteiger partial charge in [-0.2, -0.15) is 0 Å². The van der Waals surface area contributed by atoms with Crippen molar-refractivity contribution in [2.24, 2.45) is 0 Å². The molecule has 2 aromatic rings. The van der Waals surface area contributed by atoms with Crippen LogP contribution in [-0.2, 0) is 10.8 Å². The van der Waals surface area contributed by atoms with E-state index < -0.39 is 31.7 Å². The van der Waals surface area contributed by atoms with Crippen molar-refractivity contribution in [2.45, 2.75) is 44.4 Å². The quantitative estimate of drug-likeness (QED) is 0.371. The second kappa shape index (κ2) is 10.8. The summed E-state index contributed by atoms with van der Waals surface area (Å²) in [5.74, 6) is 0. The average molecular weight is 466 g/mol. The van der Waals surface area contributed by atoms with Gasteiger partial charge < -0.3 is 0 Å². The molecule has 0 aliphatic carbocycles. The normalized spacial score (nSPS) is 13.2. The van der Waals surface area contributed by atoms with Crippen molar-refractivity contribution in [1.82, 2.24) is 0 Å². The number of unbranched alkanes of at least 4 members (excludes halogenated alkanes) is 1. The third kappa shape index (κ3) is 6.26. The first-order valence-electron chi connectivity index (χ1n) is 8.70. The van der Waals surface area contributed by atoms with Crippen LogP contribution in [-0.4, -0.2) is 25.1 Å². The van der Waals surface area contributed by atoms with Gasteiger partial charge in [-0.05, 0) is 0 Å². The monoisotopic (exact) mass is 468 g/mol. The van der Waals surface area contributed by atoms with Crippen molar-refractivity contribution >= 4 is 35.3 Å². The van der Waals surface area contributed by atoms with Crippen LogP contribution in [0, 0.1) is 6.92 Å². The summed E-state index contributed by atoms with van der Waals surface area (Å²) in [5, 5.41) is 0. The molecule has 0 spiro atoms. The van der Waals surface area contributed by atoms with Crippen LogP contribution in [0.1, 0.15) is 38.2 Å². The summed E-state index contributed by atoms with van der Waals surface area (Å²) < 4.78 is 15.9. The molecule has 0 amide bonds. The van der Waals surface area contributed by atoms with Crippen molar-refractivity contribution in [3.05, 3.63) is 81.3 Å². The van der Waals surface area contributed by atoms with Gasteiger partial charge in [0.25, 0.3) is 0 Å². The molecular weight excluding hydrogens is 440 g/mol. The Morgan fingerprint density at radius 3 is 2.40 bits per heavy atom. The maximum absolute atomic E-state index is 13.4. The molecule has 0 bridgehead atoms. The van der Waals surface area contributed by atoms with Crippen molar-refractivity contribution in [2.75, 3.05) is 0 Å².